The van der Waals surface area contributed by atoms with E-state index in [0.29, 0.717) is 0 Å². The molecule has 0 saturated heterocycles. The molecule has 62 valence electrons. The van der Waals surface area contributed by atoms with Crippen LogP contribution in [-0.4, -0.2) is 0 Å². The summed E-state index contributed by atoms with van der Waals surface area (Å²) in [4.78, 5) is 0. The van der Waals surface area contributed by atoms with Crippen molar-refractivity contribution in [3.05, 3.63) is 33.6 Å². The highest BCUT2D eigenvalue weighted by molar-refractivity contribution is 6.33. The molecule has 0 aliphatic heterocycles. The highest BCUT2D eigenvalue weighted by Crippen LogP contribution is 2.25. The van der Waals surface area contributed by atoms with E-state index in [-0.39, 0.29) is 22.0 Å². The number of benzene rings is 1. The minimum Gasteiger partial charge on any atom is -0.205 e. The topological polar surface area (TPSA) is 23.8 Å². The molecule has 1 rings (SSSR count). The Morgan fingerprint density at radius 3 is 2.50 bits per heavy atom. The Morgan fingerprint density at radius 2 is 1.92 bits per heavy atom. The van der Waals surface area contributed by atoms with Crippen LogP contribution in [0.5, 0.6) is 0 Å². The van der Waals surface area contributed by atoms with Crippen molar-refractivity contribution in [2.75, 3.05) is 0 Å². The maximum atomic E-state index is 13.1. The van der Waals surface area contributed by atoms with Gasteiger partial charge >= 0.3 is 0 Å². The zero-order valence-electron chi connectivity index (χ0n) is 5.94. The van der Waals surface area contributed by atoms with Crippen LogP contribution < -0.4 is 0 Å². The molecule has 0 bridgehead atoms. The van der Waals surface area contributed by atoms with E-state index in [1.807, 2.05) is 6.07 Å². The molecular weight excluding hydrogens is 200 g/mol. The Bertz CT molecular complexity index is 344. The first-order valence-electron chi connectivity index (χ1n) is 3.16. The zero-order valence-corrected chi connectivity index (χ0v) is 7.45. The van der Waals surface area contributed by atoms with E-state index >= 15 is 0 Å². The molecule has 1 aromatic rings. The Hall–Kier alpha value is -0.780. The minimum absolute atomic E-state index is 0.00958. The first kappa shape index (κ1) is 9.31. The molecule has 0 heterocycles. The molecule has 0 amide bonds. The number of rotatable bonds is 1. The summed E-state index contributed by atoms with van der Waals surface area (Å²) in [5.74, 6) is -0.606. The molecule has 0 saturated carbocycles. The maximum Gasteiger partial charge on any atom is 0.147 e. The molecule has 4 heteroatoms. The quantitative estimate of drug-likeness (QED) is 0.644. The third-order valence-corrected chi connectivity index (χ3v) is 2.04. The second kappa shape index (κ2) is 3.75. The molecule has 1 aromatic carbocycles. The first-order chi connectivity index (χ1) is 5.66. The molecule has 0 unspecified atom stereocenters. The highest BCUT2D eigenvalue weighted by Gasteiger charge is 2.09. The van der Waals surface area contributed by atoms with Crippen molar-refractivity contribution in [3.8, 4) is 6.07 Å². The van der Waals surface area contributed by atoms with Crippen LogP contribution in [-0.2, 0) is 6.42 Å². The molecule has 0 N–H and O–H groups in total. The largest absolute Gasteiger partial charge is 0.205 e. The lowest BCUT2D eigenvalue weighted by Crippen LogP contribution is -1.90. The maximum absolute atomic E-state index is 13.1. The van der Waals surface area contributed by atoms with Gasteiger partial charge in [-0.3, -0.25) is 0 Å². The Labute approximate surface area is 79.3 Å². The van der Waals surface area contributed by atoms with Gasteiger partial charge in [-0.1, -0.05) is 23.2 Å². The van der Waals surface area contributed by atoms with E-state index in [2.05, 4.69) is 0 Å². The van der Waals surface area contributed by atoms with Crippen LogP contribution in [0.25, 0.3) is 0 Å². The van der Waals surface area contributed by atoms with Crippen LogP contribution in [0.1, 0.15) is 5.56 Å². The predicted molar refractivity (Wildman–Crippen MR) is 45.7 cm³/mol. The van der Waals surface area contributed by atoms with E-state index in [1.54, 1.807) is 0 Å². The van der Waals surface area contributed by atoms with Gasteiger partial charge in [-0.2, -0.15) is 5.26 Å². The molecule has 0 fully saturated rings. The fourth-order valence-corrected chi connectivity index (χ4v) is 1.20. The third-order valence-electron chi connectivity index (χ3n) is 1.39. The van der Waals surface area contributed by atoms with E-state index in [4.69, 9.17) is 28.5 Å². The summed E-state index contributed by atoms with van der Waals surface area (Å²) < 4.78 is 13.1. The van der Waals surface area contributed by atoms with Gasteiger partial charge in [0.15, 0.2) is 0 Å². The van der Waals surface area contributed by atoms with E-state index in [9.17, 15) is 4.39 Å². The Balaban J connectivity index is 3.25. The van der Waals surface area contributed by atoms with Gasteiger partial charge in [-0.25, -0.2) is 4.39 Å². The molecule has 0 atom stereocenters. The van der Waals surface area contributed by atoms with Crippen molar-refractivity contribution in [2.24, 2.45) is 0 Å². The molecule has 0 radical (unpaired) electrons. The summed E-state index contributed by atoms with van der Waals surface area (Å²) in [6.07, 6.45) is -0.0643. The zero-order chi connectivity index (χ0) is 9.14. The van der Waals surface area contributed by atoms with Crippen LogP contribution in [0.15, 0.2) is 12.1 Å². The van der Waals surface area contributed by atoms with Crippen LogP contribution >= 0.6 is 23.2 Å². The number of nitrogens with zero attached hydrogens (tertiary/aromatic N) is 1. The number of halogens is 3. The molecule has 1 nitrogen and oxygen atoms in total. The number of hydrogen-bond donors (Lipinski definition) is 0. The average molecular weight is 204 g/mol. The van der Waals surface area contributed by atoms with Crippen LogP contribution in [0.4, 0.5) is 4.39 Å². The monoisotopic (exact) mass is 203 g/mol. The summed E-state index contributed by atoms with van der Waals surface area (Å²) in [5, 5.41) is 8.57. The second-order valence-electron chi connectivity index (χ2n) is 2.16. The van der Waals surface area contributed by atoms with Gasteiger partial charge in [0, 0.05) is 10.6 Å². The van der Waals surface area contributed by atoms with Gasteiger partial charge in [-0.15, -0.1) is 0 Å². The van der Waals surface area contributed by atoms with E-state index in [0.717, 1.165) is 0 Å². The summed E-state index contributed by atoms with van der Waals surface area (Å²) in [6, 6.07) is 4.64. The van der Waals surface area contributed by atoms with Gasteiger partial charge in [0.05, 0.1) is 17.5 Å². The minimum atomic E-state index is -0.606. The van der Waals surface area contributed by atoms with Gasteiger partial charge in [0.2, 0.25) is 0 Å². The lowest BCUT2D eigenvalue weighted by molar-refractivity contribution is 0.616. The molecule has 12 heavy (non-hydrogen) atoms. The lowest BCUT2D eigenvalue weighted by atomic mass is 10.1. The average Bonchev–Trinajstić information content (AvgIpc) is 2.06. The van der Waals surface area contributed by atoms with Gasteiger partial charge in [0.1, 0.15) is 5.82 Å². The molecule has 0 aliphatic rings. The molecule has 0 aliphatic carbocycles. The summed E-state index contributed by atoms with van der Waals surface area (Å²) in [6.45, 7) is 0. The van der Waals surface area contributed by atoms with Crippen molar-refractivity contribution in [2.45, 2.75) is 6.42 Å². The van der Waals surface area contributed by atoms with Gasteiger partial charge in [-0.05, 0) is 12.1 Å². The van der Waals surface area contributed by atoms with Crippen molar-refractivity contribution in [3.63, 3.8) is 0 Å². The SMILES string of the molecule is N#CCc1c(Cl)ccc(Cl)c1F. The number of nitriles is 1. The fraction of sp³-hybridized carbons (Fsp3) is 0.125. The van der Waals surface area contributed by atoms with Gasteiger partial charge in [0.25, 0.3) is 0 Å². The van der Waals surface area contributed by atoms with Crippen molar-refractivity contribution in [1.29, 1.82) is 5.26 Å². The third kappa shape index (κ3) is 1.69. The Morgan fingerprint density at radius 1 is 1.33 bits per heavy atom. The second-order valence-corrected chi connectivity index (χ2v) is 2.97. The lowest BCUT2D eigenvalue weighted by Gasteiger charge is -2.01. The van der Waals surface area contributed by atoms with Crippen molar-refractivity contribution in [1.82, 2.24) is 0 Å². The Kier molecular flexibility index (Phi) is 2.91. The van der Waals surface area contributed by atoms with Gasteiger partial charge < -0.3 is 0 Å². The summed E-state index contributed by atoms with van der Waals surface area (Å²) in [5.41, 5.74) is 0.159. The highest BCUT2D eigenvalue weighted by atomic mass is 35.5. The fourth-order valence-electron chi connectivity index (χ4n) is 0.810. The molecular formula is C8H4Cl2FN. The standard InChI is InChI=1S/C8H4Cl2FN/c9-6-1-2-7(10)8(11)5(6)3-4-12/h1-2H,3H2. The molecule has 0 spiro atoms. The van der Waals surface area contributed by atoms with E-state index < -0.39 is 5.82 Å². The van der Waals surface area contributed by atoms with Crippen LogP contribution in [0, 0.1) is 17.1 Å². The normalized spacial score (nSPS) is 9.50. The van der Waals surface area contributed by atoms with Crippen LogP contribution in [0.3, 0.4) is 0 Å². The number of hydrogen-bond acceptors (Lipinski definition) is 1. The van der Waals surface area contributed by atoms with Crippen LogP contribution in [0.2, 0.25) is 10.0 Å². The smallest absolute Gasteiger partial charge is 0.147 e. The predicted octanol–water partition coefficient (Wildman–Crippen LogP) is 3.20. The van der Waals surface area contributed by atoms with Crippen molar-refractivity contribution < 1.29 is 4.39 Å². The summed E-state index contributed by atoms with van der Waals surface area (Å²) in [7, 11) is 0. The molecule has 0 aromatic heterocycles. The first-order valence-corrected chi connectivity index (χ1v) is 3.91. The van der Waals surface area contributed by atoms with E-state index in [1.165, 1.54) is 12.1 Å². The van der Waals surface area contributed by atoms with Crippen molar-refractivity contribution >= 4 is 23.2 Å². The summed E-state index contributed by atoms with van der Waals surface area (Å²) >= 11 is 11.1.